The molecule has 2 heterocycles. The summed E-state index contributed by atoms with van der Waals surface area (Å²) < 4.78 is 0. The van der Waals surface area contributed by atoms with Gasteiger partial charge < -0.3 is 14.7 Å². The van der Waals surface area contributed by atoms with Gasteiger partial charge in [-0.05, 0) is 134 Å². The summed E-state index contributed by atoms with van der Waals surface area (Å²) in [5, 5.41) is 2.47. The van der Waals surface area contributed by atoms with Crippen molar-refractivity contribution in [1.82, 2.24) is 0 Å². The van der Waals surface area contributed by atoms with E-state index in [4.69, 9.17) is 0 Å². The molecule has 4 heteroatoms. The average molecular weight is 766 g/mol. The minimum atomic E-state index is -0.326. The van der Waals surface area contributed by atoms with E-state index < -0.39 is 0 Å². The summed E-state index contributed by atoms with van der Waals surface area (Å²) in [6.45, 7) is 18.4. The predicted octanol–water partition coefficient (Wildman–Crippen LogP) is 13.7. The molecule has 59 heavy (non-hydrogen) atoms. The molecule has 0 fully saturated rings. The minimum absolute atomic E-state index is 0.100. The molecule has 0 N–H and O–H groups in total. The number of rotatable bonds is 5. The van der Waals surface area contributed by atoms with Gasteiger partial charge in [-0.2, -0.15) is 0 Å². The molecule has 2 atom stereocenters. The van der Waals surface area contributed by atoms with E-state index in [2.05, 4.69) is 234 Å². The van der Waals surface area contributed by atoms with Crippen molar-refractivity contribution in [3.8, 4) is 0 Å². The molecule has 7 aromatic rings. The largest absolute Gasteiger partial charge is 0.333 e. The SMILES string of the molecule is CC1=CC2B3c4ccc(N(c5ccc(C)cc5)c5ccc(C)cc5)cc4N(c4cccc5ccccc45)c4cc(C(C)(C)C)cc(c43)N(c3ccc(C)cc3)C2(C)C=C1. The predicted molar refractivity (Wildman–Crippen MR) is 255 cm³/mol. The number of nitrogens with zero attached hydrogens (tertiary/aromatic N) is 3. The number of anilines is 8. The Hall–Kier alpha value is -6.26. The smallest absolute Gasteiger partial charge is 0.227 e. The molecule has 1 aliphatic carbocycles. The third-order valence-corrected chi connectivity index (χ3v) is 13.2. The Kier molecular flexibility index (Phi) is 8.58. The summed E-state index contributed by atoms with van der Waals surface area (Å²) in [6.07, 6.45) is 7.39. The van der Waals surface area contributed by atoms with E-state index in [1.807, 2.05) is 0 Å². The first kappa shape index (κ1) is 37.0. The quantitative estimate of drug-likeness (QED) is 0.162. The normalized spacial score (nSPS) is 18.0. The second-order valence-electron chi connectivity index (χ2n) is 18.4. The van der Waals surface area contributed by atoms with Gasteiger partial charge in [-0.3, -0.25) is 0 Å². The fourth-order valence-electron chi connectivity index (χ4n) is 9.98. The highest BCUT2D eigenvalue weighted by atomic mass is 15.2. The van der Waals surface area contributed by atoms with Crippen LogP contribution in [-0.4, -0.2) is 12.3 Å². The highest BCUT2D eigenvalue weighted by Gasteiger charge is 2.55. The Balaban J connectivity index is 1.32. The van der Waals surface area contributed by atoms with Crippen molar-refractivity contribution in [1.29, 1.82) is 0 Å². The maximum absolute atomic E-state index is 2.66. The summed E-state index contributed by atoms with van der Waals surface area (Å²) in [5.74, 6) is 0.171. The Bertz CT molecular complexity index is 2780. The molecule has 0 radical (unpaired) electrons. The lowest BCUT2D eigenvalue weighted by Crippen LogP contribution is -2.66. The summed E-state index contributed by atoms with van der Waals surface area (Å²) >= 11 is 0. The van der Waals surface area contributed by atoms with E-state index >= 15 is 0 Å². The van der Waals surface area contributed by atoms with Crippen LogP contribution >= 0.6 is 0 Å². The zero-order valence-electron chi connectivity index (χ0n) is 35.6. The van der Waals surface area contributed by atoms with Crippen molar-refractivity contribution in [2.24, 2.45) is 0 Å². The molecule has 2 unspecified atom stereocenters. The van der Waals surface area contributed by atoms with Crippen LogP contribution in [0.2, 0.25) is 5.82 Å². The Labute approximate surface area is 351 Å². The molecule has 3 nitrogen and oxygen atoms in total. The second kappa shape index (κ2) is 13.7. The van der Waals surface area contributed by atoms with E-state index in [9.17, 15) is 0 Å². The molecule has 0 aromatic heterocycles. The molecule has 0 saturated carbocycles. The molecular formula is C55H52BN3. The van der Waals surface area contributed by atoms with Gasteiger partial charge in [0.1, 0.15) is 0 Å². The van der Waals surface area contributed by atoms with Gasteiger partial charge in [-0.1, -0.05) is 140 Å². The van der Waals surface area contributed by atoms with Crippen LogP contribution in [0.4, 0.5) is 45.5 Å². The molecule has 3 aliphatic rings. The average Bonchev–Trinajstić information content (AvgIpc) is 3.22. The van der Waals surface area contributed by atoms with Crippen molar-refractivity contribution >= 4 is 73.9 Å². The maximum atomic E-state index is 2.66. The molecule has 7 aromatic carbocycles. The highest BCUT2D eigenvalue weighted by molar-refractivity contribution is 6.91. The molecule has 0 bridgehead atoms. The van der Waals surface area contributed by atoms with Crippen LogP contribution in [-0.2, 0) is 5.41 Å². The van der Waals surface area contributed by atoms with E-state index in [1.54, 1.807) is 0 Å². The molecule has 0 saturated heterocycles. The first-order chi connectivity index (χ1) is 28.4. The van der Waals surface area contributed by atoms with Gasteiger partial charge in [0, 0.05) is 45.2 Å². The molecule has 2 aliphatic heterocycles. The van der Waals surface area contributed by atoms with Crippen LogP contribution in [0.5, 0.6) is 0 Å². The standard InChI is InChI=1S/C55H52BN3/c1-36-16-22-42(23-17-36)57(43-24-18-37(2)19-25-43)45-28-29-47-49(35-45)58(48-15-11-13-40-12-9-10-14-46(40)48)50-33-41(54(5,6)7)34-51-53(50)56(47)52-32-39(4)30-31-55(52,8)59(51)44-26-20-38(3)21-27-44/h9-35,52H,1-8H3. The Morgan fingerprint density at radius 2 is 1.19 bits per heavy atom. The Morgan fingerprint density at radius 3 is 1.85 bits per heavy atom. The fourth-order valence-corrected chi connectivity index (χ4v) is 9.98. The number of hydrogen-bond acceptors (Lipinski definition) is 3. The number of aryl methyl sites for hydroxylation is 3. The van der Waals surface area contributed by atoms with Crippen molar-refractivity contribution < 1.29 is 0 Å². The van der Waals surface area contributed by atoms with Gasteiger partial charge in [0.2, 0.25) is 6.71 Å². The molecule has 0 amide bonds. The summed E-state index contributed by atoms with van der Waals surface area (Å²) in [5.41, 5.74) is 18.3. The lowest BCUT2D eigenvalue weighted by atomic mass is 9.27. The molecular weight excluding hydrogens is 713 g/mol. The Morgan fingerprint density at radius 1 is 0.593 bits per heavy atom. The van der Waals surface area contributed by atoms with Crippen molar-refractivity contribution in [3.05, 3.63) is 192 Å². The lowest BCUT2D eigenvalue weighted by Gasteiger charge is -2.56. The van der Waals surface area contributed by atoms with Crippen LogP contribution in [0.1, 0.15) is 56.9 Å². The van der Waals surface area contributed by atoms with Gasteiger partial charge in [-0.25, -0.2) is 0 Å². The van der Waals surface area contributed by atoms with Crippen LogP contribution in [0, 0.1) is 20.8 Å². The fraction of sp³-hybridized carbons (Fsp3) is 0.200. The van der Waals surface area contributed by atoms with Gasteiger partial charge in [0.05, 0.1) is 11.2 Å². The first-order valence-electron chi connectivity index (χ1n) is 21.2. The molecule has 290 valence electrons. The van der Waals surface area contributed by atoms with Crippen molar-refractivity contribution in [2.75, 3.05) is 14.7 Å². The maximum Gasteiger partial charge on any atom is 0.227 e. The lowest BCUT2D eigenvalue weighted by molar-refractivity contribution is 0.553. The monoisotopic (exact) mass is 765 g/mol. The van der Waals surface area contributed by atoms with E-state index in [0.717, 1.165) is 17.1 Å². The van der Waals surface area contributed by atoms with Crippen LogP contribution < -0.4 is 25.6 Å². The summed E-state index contributed by atoms with van der Waals surface area (Å²) in [4.78, 5) is 7.70. The van der Waals surface area contributed by atoms with E-state index in [0.29, 0.717) is 0 Å². The van der Waals surface area contributed by atoms with E-state index in [1.165, 1.54) is 78.0 Å². The number of allylic oxidation sites excluding steroid dienone is 2. The molecule has 0 spiro atoms. The van der Waals surface area contributed by atoms with Crippen LogP contribution in [0.15, 0.2) is 169 Å². The number of benzene rings is 7. The van der Waals surface area contributed by atoms with Gasteiger partial charge in [-0.15, -0.1) is 0 Å². The first-order valence-corrected chi connectivity index (χ1v) is 21.2. The van der Waals surface area contributed by atoms with Crippen molar-refractivity contribution in [3.63, 3.8) is 0 Å². The topological polar surface area (TPSA) is 9.72 Å². The third kappa shape index (κ3) is 6.03. The van der Waals surface area contributed by atoms with E-state index in [-0.39, 0.29) is 23.5 Å². The zero-order valence-corrected chi connectivity index (χ0v) is 35.6. The zero-order chi connectivity index (χ0) is 40.8. The van der Waals surface area contributed by atoms with Gasteiger partial charge >= 0.3 is 0 Å². The summed E-state index contributed by atoms with van der Waals surface area (Å²) in [7, 11) is 0. The third-order valence-electron chi connectivity index (χ3n) is 13.2. The number of hydrogen-bond donors (Lipinski definition) is 0. The van der Waals surface area contributed by atoms with Gasteiger partial charge in [0.25, 0.3) is 0 Å². The van der Waals surface area contributed by atoms with Crippen molar-refractivity contribution in [2.45, 2.75) is 72.2 Å². The van der Waals surface area contributed by atoms with Gasteiger partial charge in [0.15, 0.2) is 0 Å². The highest BCUT2D eigenvalue weighted by Crippen LogP contribution is 2.54. The summed E-state index contributed by atoms with van der Waals surface area (Å²) in [6, 6.07) is 55.1. The van der Waals surface area contributed by atoms with Crippen LogP contribution in [0.25, 0.3) is 10.8 Å². The van der Waals surface area contributed by atoms with Crippen LogP contribution in [0.3, 0.4) is 0 Å². The second-order valence-corrected chi connectivity index (χ2v) is 18.4. The number of fused-ring (bicyclic) bond motifs is 5. The molecule has 10 rings (SSSR count). The minimum Gasteiger partial charge on any atom is -0.333 e.